The Labute approximate surface area is 93.9 Å². The smallest absolute Gasteiger partial charge is 0.0721 e. The van der Waals surface area contributed by atoms with E-state index in [2.05, 4.69) is 47.1 Å². The number of hydrogen-bond donors (Lipinski definition) is 0. The van der Waals surface area contributed by atoms with Crippen molar-refractivity contribution < 1.29 is 4.74 Å². The van der Waals surface area contributed by atoms with Crippen LogP contribution in [0.15, 0.2) is 40.9 Å². The van der Waals surface area contributed by atoms with Gasteiger partial charge in [-0.05, 0) is 24.1 Å². The van der Waals surface area contributed by atoms with Gasteiger partial charge < -0.3 is 4.74 Å². The Bertz CT molecular complexity index is 294. The predicted molar refractivity (Wildman–Crippen MR) is 63.2 cm³/mol. The normalized spacial score (nSPS) is 11.0. The molecule has 0 amide bonds. The van der Waals surface area contributed by atoms with Crippen molar-refractivity contribution in [1.29, 1.82) is 0 Å². The molecule has 0 aliphatic rings. The number of allylic oxidation sites excluding steroid dienone is 1. The zero-order valence-electron chi connectivity index (χ0n) is 8.37. The quantitative estimate of drug-likeness (QED) is 0.572. The van der Waals surface area contributed by atoms with Crippen LogP contribution in [0.3, 0.4) is 0 Å². The van der Waals surface area contributed by atoms with E-state index >= 15 is 0 Å². The molecule has 14 heavy (non-hydrogen) atoms. The molecule has 1 aromatic carbocycles. The summed E-state index contributed by atoms with van der Waals surface area (Å²) in [6, 6.07) is 8.17. The molecule has 0 saturated carbocycles. The van der Waals surface area contributed by atoms with Crippen molar-refractivity contribution in [3.8, 4) is 0 Å². The van der Waals surface area contributed by atoms with E-state index in [-0.39, 0.29) is 0 Å². The van der Waals surface area contributed by atoms with Gasteiger partial charge in [-0.25, -0.2) is 0 Å². The van der Waals surface area contributed by atoms with Crippen LogP contribution >= 0.6 is 15.9 Å². The summed E-state index contributed by atoms with van der Waals surface area (Å²) in [6.45, 7) is 3.48. The van der Waals surface area contributed by atoms with E-state index in [0.29, 0.717) is 13.2 Å². The van der Waals surface area contributed by atoms with Gasteiger partial charge in [0.2, 0.25) is 0 Å². The molecule has 0 unspecified atom stereocenters. The summed E-state index contributed by atoms with van der Waals surface area (Å²) in [4.78, 5) is 0. The van der Waals surface area contributed by atoms with Crippen molar-refractivity contribution in [3.05, 3.63) is 46.5 Å². The van der Waals surface area contributed by atoms with Crippen LogP contribution < -0.4 is 0 Å². The van der Waals surface area contributed by atoms with Crippen molar-refractivity contribution in [1.82, 2.24) is 0 Å². The molecule has 0 aliphatic heterocycles. The molecule has 1 aromatic rings. The number of hydrogen-bond acceptors (Lipinski definition) is 1. The molecule has 1 rings (SSSR count). The molecule has 0 saturated heterocycles. The van der Waals surface area contributed by atoms with Crippen LogP contribution in [0.25, 0.3) is 0 Å². The highest BCUT2D eigenvalue weighted by Crippen LogP contribution is 2.12. The monoisotopic (exact) mass is 254 g/mol. The Balaban J connectivity index is 2.28. The molecule has 0 radical (unpaired) electrons. The van der Waals surface area contributed by atoms with E-state index < -0.39 is 0 Å². The van der Waals surface area contributed by atoms with Gasteiger partial charge in [-0.15, -0.1) is 0 Å². The molecule has 0 bridgehead atoms. The lowest BCUT2D eigenvalue weighted by Crippen LogP contribution is -1.92. The standard InChI is InChI=1S/C12H15BrO/c1-2-3-4-8-14-10-11-6-5-7-12(13)9-11/h3-7,9H,2,8,10H2,1H3. The van der Waals surface area contributed by atoms with E-state index in [1.54, 1.807) is 0 Å². The third-order valence-corrected chi connectivity index (χ3v) is 2.27. The van der Waals surface area contributed by atoms with Crippen LogP contribution in [0.4, 0.5) is 0 Å². The first-order chi connectivity index (χ1) is 6.83. The van der Waals surface area contributed by atoms with Gasteiger partial charge in [-0.1, -0.05) is 47.1 Å². The lowest BCUT2D eigenvalue weighted by Gasteiger charge is -2.01. The van der Waals surface area contributed by atoms with Crippen molar-refractivity contribution in [3.63, 3.8) is 0 Å². The average molecular weight is 255 g/mol. The highest BCUT2D eigenvalue weighted by molar-refractivity contribution is 9.10. The number of ether oxygens (including phenoxy) is 1. The third kappa shape index (κ3) is 4.58. The Morgan fingerprint density at radius 1 is 1.36 bits per heavy atom. The summed E-state index contributed by atoms with van der Waals surface area (Å²) in [5, 5.41) is 0. The Morgan fingerprint density at radius 2 is 2.21 bits per heavy atom. The molecular weight excluding hydrogens is 240 g/mol. The summed E-state index contributed by atoms with van der Waals surface area (Å²) in [5.41, 5.74) is 1.20. The van der Waals surface area contributed by atoms with E-state index in [4.69, 9.17) is 4.74 Å². The lowest BCUT2D eigenvalue weighted by atomic mass is 10.2. The van der Waals surface area contributed by atoms with Crippen LogP contribution in [0.2, 0.25) is 0 Å². The van der Waals surface area contributed by atoms with E-state index in [1.165, 1.54) is 5.56 Å². The second-order valence-electron chi connectivity index (χ2n) is 3.02. The van der Waals surface area contributed by atoms with E-state index in [9.17, 15) is 0 Å². The predicted octanol–water partition coefficient (Wildman–Crippen LogP) is 3.93. The molecule has 76 valence electrons. The van der Waals surface area contributed by atoms with Crippen molar-refractivity contribution in [2.75, 3.05) is 6.61 Å². The van der Waals surface area contributed by atoms with Gasteiger partial charge in [-0.2, -0.15) is 0 Å². The summed E-state index contributed by atoms with van der Waals surface area (Å²) in [5.74, 6) is 0. The van der Waals surface area contributed by atoms with Gasteiger partial charge in [0.15, 0.2) is 0 Å². The third-order valence-electron chi connectivity index (χ3n) is 1.77. The molecule has 0 heterocycles. The van der Waals surface area contributed by atoms with Gasteiger partial charge in [0.1, 0.15) is 0 Å². The highest BCUT2D eigenvalue weighted by atomic mass is 79.9. The molecule has 2 heteroatoms. The molecule has 1 nitrogen and oxygen atoms in total. The van der Waals surface area contributed by atoms with Crippen LogP contribution in [0.5, 0.6) is 0 Å². The fourth-order valence-electron chi connectivity index (χ4n) is 1.11. The minimum atomic E-state index is 0.674. The first-order valence-electron chi connectivity index (χ1n) is 4.80. The maximum atomic E-state index is 5.47. The maximum absolute atomic E-state index is 5.47. The van der Waals surface area contributed by atoms with Crippen LogP contribution in [0, 0.1) is 0 Å². The zero-order valence-corrected chi connectivity index (χ0v) is 9.96. The Hall–Kier alpha value is -0.600. The molecule has 0 fully saturated rings. The second kappa shape index (κ2) is 6.80. The highest BCUT2D eigenvalue weighted by Gasteiger charge is 1.92. The molecule has 0 atom stereocenters. The van der Waals surface area contributed by atoms with E-state index in [1.807, 2.05) is 12.1 Å². The van der Waals surface area contributed by atoms with Gasteiger partial charge in [0, 0.05) is 4.47 Å². The van der Waals surface area contributed by atoms with Crippen LogP contribution in [-0.2, 0) is 11.3 Å². The van der Waals surface area contributed by atoms with Gasteiger partial charge >= 0.3 is 0 Å². The molecule has 0 aliphatic carbocycles. The minimum absolute atomic E-state index is 0.674. The SMILES string of the molecule is CCC=CCOCc1cccc(Br)c1. The fraction of sp³-hybridized carbons (Fsp3) is 0.333. The summed E-state index contributed by atoms with van der Waals surface area (Å²) in [6.07, 6.45) is 5.24. The van der Waals surface area contributed by atoms with Gasteiger partial charge in [0.05, 0.1) is 13.2 Å². The number of halogens is 1. The van der Waals surface area contributed by atoms with Crippen molar-refractivity contribution in [2.45, 2.75) is 20.0 Å². The maximum Gasteiger partial charge on any atom is 0.0721 e. The summed E-state index contributed by atoms with van der Waals surface area (Å²) >= 11 is 3.43. The summed E-state index contributed by atoms with van der Waals surface area (Å²) < 4.78 is 6.57. The van der Waals surface area contributed by atoms with Crippen molar-refractivity contribution >= 4 is 15.9 Å². The number of rotatable bonds is 5. The lowest BCUT2D eigenvalue weighted by molar-refractivity contribution is 0.148. The first-order valence-corrected chi connectivity index (χ1v) is 5.59. The van der Waals surface area contributed by atoms with Crippen LogP contribution in [-0.4, -0.2) is 6.61 Å². The van der Waals surface area contributed by atoms with Crippen LogP contribution in [0.1, 0.15) is 18.9 Å². The number of benzene rings is 1. The zero-order chi connectivity index (χ0) is 10.2. The largest absolute Gasteiger partial charge is 0.373 e. The molecule has 0 spiro atoms. The molecule has 0 N–H and O–H groups in total. The average Bonchev–Trinajstić information content (AvgIpc) is 2.18. The summed E-state index contributed by atoms with van der Waals surface area (Å²) in [7, 11) is 0. The minimum Gasteiger partial charge on any atom is -0.373 e. The fourth-order valence-corrected chi connectivity index (χ4v) is 1.55. The van der Waals surface area contributed by atoms with Crippen molar-refractivity contribution in [2.24, 2.45) is 0 Å². The topological polar surface area (TPSA) is 9.23 Å². The van der Waals surface area contributed by atoms with Gasteiger partial charge in [0.25, 0.3) is 0 Å². The molecule has 0 aromatic heterocycles. The first kappa shape index (κ1) is 11.5. The van der Waals surface area contributed by atoms with Gasteiger partial charge in [-0.3, -0.25) is 0 Å². The Kier molecular flexibility index (Phi) is 5.57. The Morgan fingerprint density at radius 3 is 2.93 bits per heavy atom. The van der Waals surface area contributed by atoms with E-state index in [0.717, 1.165) is 10.9 Å². The molecular formula is C12H15BrO. The second-order valence-corrected chi connectivity index (χ2v) is 3.94.